The number of nitrogens with two attached hydrogens (primary N) is 1. The van der Waals surface area contributed by atoms with Crippen LogP contribution in [0.2, 0.25) is 0 Å². The van der Waals surface area contributed by atoms with Gasteiger partial charge < -0.3 is 5.73 Å². The summed E-state index contributed by atoms with van der Waals surface area (Å²) >= 11 is 1.67. The highest BCUT2D eigenvalue weighted by Crippen LogP contribution is 2.23. The first-order valence-corrected chi connectivity index (χ1v) is 5.96. The Morgan fingerprint density at radius 2 is 2.20 bits per heavy atom. The van der Waals surface area contributed by atoms with Crippen molar-refractivity contribution in [1.82, 2.24) is 4.98 Å². The maximum atomic E-state index is 5.54. The van der Waals surface area contributed by atoms with E-state index >= 15 is 0 Å². The van der Waals surface area contributed by atoms with E-state index in [1.165, 1.54) is 0 Å². The van der Waals surface area contributed by atoms with E-state index in [1.807, 2.05) is 6.92 Å². The molecule has 1 unspecified atom stereocenters. The Bertz CT molecular complexity index is 374. The lowest BCUT2D eigenvalue weighted by atomic mass is 9.93. The van der Waals surface area contributed by atoms with Crippen molar-refractivity contribution >= 4 is 11.3 Å². The standard InChI is InChI=1S/C12H18N2S/c1-9(13)6-5-7-11-14-10(8-15-11)12(2,3)4/h8-9H,7,13H2,1-4H3. The minimum atomic E-state index is -0.0490. The van der Waals surface area contributed by atoms with Crippen LogP contribution >= 0.6 is 11.3 Å². The Kier molecular flexibility index (Phi) is 3.90. The molecule has 0 aliphatic rings. The van der Waals surface area contributed by atoms with E-state index in [0.717, 1.165) is 10.7 Å². The zero-order valence-electron chi connectivity index (χ0n) is 9.79. The molecule has 1 atom stereocenters. The second-order valence-corrected chi connectivity index (χ2v) is 5.61. The van der Waals surface area contributed by atoms with Crippen LogP contribution in [0.1, 0.15) is 38.4 Å². The van der Waals surface area contributed by atoms with Gasteiger partial charge in [0.25, 0.3) is 0 Å². The van der Waals surface area contributed by atoms with Crippen LogP contribution in [-0.2, 0) is 11.8 Å². The lowest BCUT2D eigenvalue weighted by molar-refractivity contribution is 0.571. The molecule has 0 spiro atoms. The fourth-order valence-electron chi connectivity index (χ4n) is 1.02. The van der Waals surface area contributed by atoms with Crippen molar-refractivity contribution in [3.05, 3.63) is 16.1 Å². The van der Waals surface area contributed by atoms with Crippen LogP contribution < -0.4 is 5.73 Å². The fraction of sp³-hybridized carbons (Fsp3) is 0.583. The lowest BCUT2D eigenvalue weighted by Gasteiger charge is -2.14. The van der Waals surface area contributed by atoms with Crippen LogP contribution in [0, 0.1) is 11.8 Å². The smallest absolute Gasteiger partial charge is 0.105 e. The second kappa shape index (κ2) is 4.78. The summed E-state index contributed by atoms with van der Waals surface area (Å²) in [5, 5.41) is 3.19. The Balaban J connectivity index is 2.67. The Labute approximate surface area is 95.9 Å². The normalized spacial score (nSPS) is 13.1. The predicted octanol–water partition coefficient (Wildman–Crippen LogP) is 2.33. The molecule has 0 aliphatic heterocycles. The van der Waals surface area contributed by atoms with Crippen molar-refractivity contribution in [3.8, 4) is 11.8 Å². The highest BCUT2D eigenvalue weighted by atomic mass is 32.1. The van der Waals surface area contributed by atoms with Crippen molar-refractivity contribution in [1.29, 1.82) is 0 Å². The van der Waals surface area contributed by atoms with Gasteiger partial charge in [-0.1, -0.05) is 32.6 Å². The van der Waals surface area contributed by atoms with Crippen LogP contribution in [0.25, 0.3) is 0 Å². The van der Waals surface area contributed by atoms with Crippen molar-refractivity contribution in [2.75, 3.05) is 0 Å². The molecule has 0 amide bonds. The zero-order valence-corrected chi connectivity index (χ0v) is 10.6. The summed E-state index contributed by atoms with van der Waals surface area (Å²) < 4.78 is 0. The first-order valence-electron chi connectivity index (χ1n) is 5.08. The quantitative estimate of drug-likeness (QED) is 0.741. The lowest BCUT2D eigenvalue weighted by Crippen LogP contribution is -2.11. The van der Waals surface area contributed by atoms with Gasteiger partial charge in [-0.3, -0.25) is 0 Å². The van der Waals surface area contributed by atoms with Gasteiger partial charge in [0.15, 0.2) is 0 Å². The molecule has 0 fully saturated rings. The highest BCUT2D eigenvalue weighted by molar-refractivity contribution is 7.09. The molecule has 0 aliphatic carbocycles. The monoisotopic (exact) mass is 222 g/mol. The molecule has 1 aromatic heterocycles. The Morgan fingerprint density at radius 1 is 1.53 bits per heavy atom. The fourth-order valence-corrected chi connectivity index (χ4v) is 1.98. The van der Waals surface area contributed by atoms with Crippen LogP contribution in [-0.4, -0.2) is 11.0 Å². The summed E-state index contributed by atoms with van der Waals surface area (Å²) in [4.78, 5) is 4.55. The number of nitrogens with zero attached hydrogens (tertiary/aromatic N) is 1. The minimum Gasteiger partial charge on any atom is -0.318 e. The van der Waals surface area contributed by atoms with E-state index in [9.17, 15) is 0 Å². The SMILES string of the molecule is CC(N)C#CCc1nc(C(C)(C)C)cs1. The first-order chi connectivity index (χ1) is 6.89. The van der Waals surface area contributed by atoms with Crippen LogP contribution in [0.5, 0.6) is 0 Å². The summed E-state index contributed by atoms with van der Waals surface area (Å²) in [6, 6.07) is -0.0490. The molecule has 1 aromatic rings. The Morgan fingerprint density at radius 3 is 2.67 bits per heavy atom. The van der Waals surface area contributed by atoms with E-state index < -0.39 is 0 Å². The van der Waals surface area contributed by atoms with E-state index in [-0.39, 0.29) is 11.5 Å². The number of hydrogen-bond donors (Lipinski definition) is 1. The summed E-state index contributed by atoms with van der Waals surface area (Å²) in [6.07, 6.45) is 0.711. The van der Waals surface area contributed by atoms with Crippen molar-refractivity contribution in [2.24, 2.45) is 5.73 Å². The third-order valence-electron chi connectivity index (χ3n) is 1.89. The van der Waals surface area contributed by atoms with E-state index in [2.05, 4.69) is 43.0 Å². The number of rotatable bonds is 1. The molecule has 1 rings (SSSR count). The van der Waals surface area contributed by atoms with Gasteiger partial charge in [-0.05, 0) is 6.92 Å². The molecule has 82 valence electrons. The molecule has 2 N–H and O–H groups in total. The predicted molar refractivity (Wildman–Crippen MR) is 65.9 cm³/mol. The van der Waals surface area contributed by atoms with Gasteiger partial charge in [-0.2, -0.15) is 0 Å². The van der Waals surface area contributed by atoms with Gasteiger partial charge in [0.05, 0.1) is 18.2 Å². The molecule has 3 heteroatoms. The maximum Gasteiger partial charge on any atom is 0.105 e. The topological polar surface area (TPSA) is 38.9 Å². The average molecular weight is 222 g/mol. The molecule has 0 radical (unpaired) electrons. The van der Waals surface area contributed by atoms with Gasteiger partial charge in [0.1, 0.15) is 5.01 Å². The molecule has 0 saturated heterocycles. The molecule has 0 aromatic carbocycles. The summed E-state index contributed by atoms with van der Waals surface area (Å²) in [7, 11) is 0. The molecule has 0 bridgehead atoms. The van der Waals surface area contributed by atoms with Crippen LogP contribution in [0.3, 0.4) is 0 Å². The molecule has 15 heavy (non-hydrogen) atoms. The number of thiazole rings is 1. The first kappa shape index (κ1) is 12.2. The molecular formula is C12H18N2S. The second-order valence-electron chi connectivity index (χ2n) is 4.66. The van der Waals surface area contributed by atoms with Gasteiger partial charge >= 0.3 is 0 Å². The highest BCUT2D eigenvalue weighted by Gasteiger charge is 2.16. The van der Waals surface area contributed by atoms with Crippen molar-refractivity contribution < 1.29 is 0 Å². The Hall–Kier alpha value is -0.850. The largest absolute Gasteiger partial charge is 0.318 e. The maximum absolute atomic E-state index is 5.54. The van der Waals surface area contributed by atoms with Gasteiger partial charge in [0, 0.05) is 10.8 Å². The van der Waals surface area contributed by atoms with E-state index in [4.69, 9.17) is 5.73 Å². The molecule has 0 saturated carbocycles. The molecule has 1 heterocycles. The van der Waals surface area contributed by atoms with Gasteiger partial charge in [-0.25, -0.2) is 4.98 Å². The summed E-state index contributed by atoms with van der Waals surface area (Å²) in [6.45, 7) is 8.38. The molecule has 2 nitrogen and oxygen atoms in total. The number of aromatic nitrogens is 1. The van der Waals surface area contributed by atoms with Crippen molar-refractivity contribution in [3.63, 3.8) is 0 Å². The minimum absolute atomic E-state index is 0.0490. The van der Waals surface area contributed by atoms with E-state index in [1.54, 1.807) is 11.3 Å². The average Bonchev–Trinajstić information content (AvgIpc) is 2.51. The summed E-state index contributed by atoms with van der Waals surface area (Å²) in [5.41, 5.74) is 6.81. The van der Waals surface area contributed by atoms with E-state index in [0.29, 0.717) is 6.42 Å². The van der Waals surface area contributed by atoms with Crippen molar-refractivity contribution in [2.45, 2.75) is 45.6 Å². The van der Waals surface area contributed by atoms with Crippen LogP contribution in [0.15, 0.2) is 5.38 Å². The van der Waals surface area contributed by atoms with Gasteiger partial charge in [0.2, 0.25) is 0 Å². The summed E-state index contributed by atoms with van der Waals surface area (Å²) in [5.74, 6) is 5.98. The van der Waals surface area contributed by atoms with Gasteiger partial charge in [-0.15, -0.1) is 11.3 Å². The third-order valence-corrected chi connectivity index (χ3v) is 2.74. The molecular weight excluding hydrogens is 204 g/mol. The zero-order chi connectivity index (χ0) is 11.5. The number of hydrogen-bond acceptors (Lipinski definition) is 3. The third kappa shape index (κ3) is 4.03. The van der Waals surface area contributed by atoms with Crippen LogP contribution in [0.4, 0.5) is 0 Å².